The van der Waals surface area contributed by atoms with Crippen LogP contribution in [0.15, 0.2) is 29.6 Å². The molecule has 2 aromatic rings. The van der Waals surface area contributed by atoms with Crippen molar-refractivity contribution in [2.24, 2.45) is 0 Å². The molecule has 1 aliphatic carbocycles. The lowest BCUT2D eigenvalue weighted by Gasteiger charge is -2.28. The number of anilines is 1. The van der Waals surface area contributed by atoms with Crippen molar-refractivity contribution in [3.8, 4) is 17.0 Å². The van der Waals surface area contributed by atoms with Crippen LogP contribution in [0.1, 0.15) is 25.7 Å². The van der Waals surface area contributed by atoms with Crippen molar-refractivity contribution in [1.29, 1.82) is 0 Å². The molecular formula is C18H23N3O3S. The molecule has 1 aromatic heterocycles. The van der Waals surface area contributed by atoms with E-state index in [0.29, 0.717) is 6.04 Å². The third-order valence-corrected chi connectivity index (χ3v) is 5.12. The lowest BCUT2D eigenvalue weighted by molar-refractivity contribution is 0.0747. The van der Waals surface area contributed by atoms with Gasteiger partial charge in [-0.15, -0.1) is 11.3 Å². The fourth-order valence-electron chi connectivity index (χ4n) is 2.96. The third kappa shape index (κ3) is 4.63. The third-order valence-electron chi connectivity index (χ3n) is 4.35. The van der Waals surface area contributed by atoms with Gasteiger partial charge in [-0.25, -0.2) is 9.78 Å². The molecule has 7 heteroatoms. The van der Waals surface area contributed by atoms with Crippen molar-refractivity contribution in [2.75, 3.05) is 19.5 Å². The van der Waals surface area contributed by atoms with E-state index >= 15 is 0 Å². The Morgan fingerprint density at radius 2 is 2.08 bits per heavy atom. The number of benzene rings is 1. The number of alkyl carbamates (subject to hydrolysis) is 1. The van der Waals surface area contributed by atoms with Crippen LogP contribution in [0.2, 0.25) is 0 Å². The molecule has 1 aromatic carbocycles. The van der Waals surface area contributed by atoms with Crippen molar-refractivity contribution in [3.05, 3.63) is 29.6 Å². The highest BCUT2D eigenvalue weighted by Crippen LogP contribution is 2.30. The molecule has 25 heavy (non-hydrogen) atoms. The van der Waals surface area contributed by atoms with Gasteiger partial charge in [0.1, 0.15) is 11.9 Å². The quantitative estimate of drug-likeness (QED) is 0.845. The van der Waals surface area contributed by atoms with Gasteiger partial charge in [-0.2, -0.15) is 0 Å². The predicted octanol–water partition coefficient (Wildman–Crippen LogP) is 3.90. The smallest absolute Gasteiger partial charge is 0.407 e. The van der Waals surface area contributed by atoms with E-state index in [0.717, 1.165) is 47.8 Å². The molecule has 1 heterocycles. The number of methoxy groups -OCH3 is 1. The zero-order valence-electron chi connectivity index (χ0n) is 14.5. The molecule has 0 radical (unpaired) electrons. The van der Waals surface area contributed by atoms with Crippen LogP contribution in [-0.2, 0) is 4.74 Å². The maximum Gasteiger partial charge on any atom is 0.407 e. The highest BCUT2D eigenvalue weighted by Gasteiger charge is 2.24. The summed E-state index contributed by atoms with van der Waals surface area (Å²) in [4.78, 5) is 16.0. The van der Waals surface area contributed by atoms with Crippen LogP contribution in [0.5, 0.6) is 5.75 Å². The molecule has 1 amide bonds. The summed E-state index contributed by atoms with van der Waals surface area (Å²) < 4.78 is 10.6. The summed E-state index contributed by atoms with van der Waals surface area (Å²) >= 11 is 1.61. The van der Waals surface area contributed by atoms with E-state index in [9.17, 15) is 4.79 Å². The number of carbonyl (C=O) groups is 1. The monoisotopic (exact) mass is 361 g/mol. The summed E-state index contributed by atoms with van der Waals surface area (Å²) in [6.45, 7) is 0. The van der Waals surface area contributed by atoms with Gasteiger partial charge in [0.05, 0.1) is 12.8 Å². The van der Waals surface area contributed by atoms with Gasteiger partial charge in [0, 0.05) is 24.0 Å². The number of nitrogens with one attached hydrogen (secondary N) is 2. The van der Waals surface area contributed by atoms with Crippen LogP contribution < -0.4 is 15.4 Å². The van der Waals surface area contributed by atoms with Crippen molar-refractivity contribution in [2.45, 2.75) is 37.8 Å². The highest BCUT2D eigenvalue weighted by molar-refractivity contribution is 7.14. The van der Waals surface area contributed by atoms with Gasteiger partial charge in [0.15, 0.2) is 5.13 Å². The second kappa shape index (κ2) is 8.20. The summed E-state index contributed by atoms with van der Waals surface area (Å²) in [6, 6.07) is 8.28. The average molecular weight is 361 g/mol. The van der Waals surface area contributed by atoms with Crippen molar-refractivity contribution < 1.29 is 14.3 Å². The van der Waals surface area contributed by atoms with Gasteiger partial charge < -0.3 is 20.1 Å². The minimum Gasteiger partial charge on any atom is -0.497 e. The first-order valence-electron chi connectivity index (χ1n) is 8.43. The number of aromatic nitrogens is 1. The Morgan fingerprint density at radius 1 is 1.28 bits per heavy atom. The van der Waals surface area contributed by atoms with E-state index in [2.05, 4.69) is 21.0 Å². The van der Waals surface area contributed by atoms with Crippen molar-refractivity contribution >= 4 is 22.6 Å². The van der Waals surface area contributed by atoms with E-state index in [4.69, 9.17) is 9.47 Å². The van der Waals surface area contributed by atoms with Gasteiger partial charge in [-0.3, -0.25) is 0 Å². The number of nitrogens with zero attached hydrogens (tertiary/aromatic N) is 1. The first kappa shape index (κ1) is 17.5. The summed E-state index contributed by atoms with van der Waals surface area (Å²) in [5.41, 5.74) is 1.99. The second-order valence-corrected chi connectivity index (χ2v) is 6.90. The van der Waals surface area contributed by atoms with E-state index < -0.39 is 0 Å². The van der Waals surface area contributed by atoms with Crippen LogP contribution in [0.25, 0.3) is 11.3 Å². The van der Waals surface area contributed by atoms with Crippen molar-refractivity contribution in [1.82, 2.24) is 10.3 Å². The molecule has 3 rings (SSSR count). The Kier molecular flexibility index (Phi) is 5.75. The van der Waals surface area contributed by atoms with Gasteiger partial charge in [-0.05, 0) is 37.8 Å². The Bertz CT molecular complexity index is 711. The molecule has 0 saturated heterocycles. The summed E-state index contributed by atoms with van der Waals surface area (Å²) in [5, 5.41) is 8.98. The van der Waals surface area contributed by atoms with Gasteiger partial charge in [0.2, 0.25) is 0 Å². The largest absolute Gasteiger partial charge is 0.497 e. The molecule has 0 aliphatic heterocycles. The van der Waals surface area contributed by atoms with Gasteiger partial charge >= 0.3 is 6.09 Å². The van der Waals surface area contributed by atoms with Crippen LogP contribution in [0, 0.1) is 0 Å². The second-order valence-electron chi connectivity index (χ2n) is 6.04. The predicted molar refractivity (Wildman–Crippen MR) is 99.3 cm³/mol. The fraction of sp³-hybridized carbons (Fsp3) is 0.444. The van der Waals surface area contributed by atoms with Crippen LogP contribution >= 0.6 is 11.3 Å². The maximum absolute atomic E-state index is 11.3. The molecule has 2 N–H and O–H groups in total. The number of hydrogen-bond donors (Lipinski definition) is 2. The van der Waals surface area contributed by atoms with Gasteiger partial charge in [0.25, 0.3) is 0 Å². The summed E-state index contributed by atoms with van der Waals surface area (Å²) in [7, 11) is 3.25. The zero-order valence-corrected chi connectivity index (χ0v) is 15.3. The molecule has 1 fully saturated rings. The average Bonchev–Trinajstić information content (AvgIpc) is 3.12. The number of rotatable bonds is 5. The number of hydrogen-bond acceptors (Lipinski definition) is 6. The van der Waals surface area contributed by atoms with Crippen LogP contribution in [0.4, 0.5) is 9.93 Å². The lowest BCUT2D eigenvalue weighted by Crippen LogP contribution is -2.33. The Hall–Kier alpha value is -2.28. The molecule has 0 bridgehead atoms. The number of thiazole rings is 1. The SMILES string of the molecule is CNC(=O)OC1CCC(Nc2nc(-c3cccc(OC)c3)cs2)CC1. The minimum absolute atomic E-state index is 0.0154. The minimum atomic E-state index is -0.348. The van der Waals surface area contributed by atoms with E-state index in [1.54, 1.807) is 25.5 Å². The van der Waals surface area contributed by atoms with Crippen LogP contribution in [-0.4, -0.2) is 37.4 Å². The fourth-order valence-corrected chi connectivity index (χ4v) is 3.76. The van der Waals surface area contributed by atoms with Crippen molar-refractivity contribution in [3.63, 3.8) is 0 Å². The first-order valence-corrected chi connectivity index (χ1v) is 9.30. The topological polar surface area (TPSA) is 72.5 Å². The molecule has 1 aliphatic rings. The van der Waals surface area contributed by atoms with E-state index in [-0.39, 0.29) is 12.2 Å². The zero-order chi connectivity index (χ0) is 17.6. The van der Waals surface area contributed by atoms with Crippen LogP contribution in [0.3, 0.4) is 0 Å². The Labute approximate surface area is 151 Å². The highest BCUT2D eigenvalue weighted by atomic mass is 32.1. The van der Waals surface area contributed by atoms with E-state index in [1.807, 2.05) is 24.3 Å². The number of carbonyl (C=O) groups excluding carboxylic acids is 1. The molecule has 134 valence electrons. The normalized spacial score (nSPS) is 19.9. The Morgan fingerprint density at radius 3 is 2.80 bits per heavy atom. The molecule has 6 nitrogen and oxygen atoms in total. The standard InChI is InChI=1S/C18H23N3O3S/c1-19-18(22)24-14-8-6-13(7-9-14)20-17-21-16(11-25-17)12-4-3-5-15(10-12)23-2/h3-5,10-11,13-14H,6-9H2,1-2H3,(H,19,22)(H,20,21). The molecule has 0 unspecified atom stereocenters. The van der Waals surface area contributed by atoms with E-state index in [1.165, 1.54) is 0 Å². The summed E-state index contributed by atoms with van der Waals surface area (Å²) in [5.74, 6) is 0.828. The molecule has 0 atom stereocenters. The molecule has 0 spiro atoms. The first-order chi connectivity index (χ1) is 12.2. The lowest BCUT2D eigenvalue weighted by atomic mass is 9.93. The maximum atomic E-state index is 11.3. The van der Waals surface area contributed by atoms with Gasteiger partial charge in [-0.1, -0.05) is 12.1 Å². The Balaban J connectivity index is 1.55. The number of amides is 1. The molecule has 1 saturated carbocycles. The number of ether oxygens (including phenoxy) is 2. The summed E-state index contributed by atoms with van der Waals surface area (Å²) in [6.07, 6.45) is 3.35. The molecular weight excluding hydrogens is 338 g/mol.